The summed E-state index contributed by atoms with van der Waals surface area (Å²) in [6.45, 7) is 8.45. The molecule has 2 fully saturated rings. The fourth-order valence-electron chi connectivity index (χ4n) is 7.04. The summed E-state index contributed by atoms with van der Waals surface area (Å²) in [5.41, 5.74) is 2.44. The number of carbonyl (C=O) groups is 2. The molecule has 0 aromatic heterocycles. The van der Waals surface area contributed by atoms with Crippen molar-refractivity contribution in [2.75, 3.05) is 33.7 Å². The minimum absolute atomic E-state index is 0.0534. The Morgan fingerprint density at radius 1 is 1.00 bits per heavy atom. The Morgan fingerprint density at radius 3 is 2.26 bits per heavy atom. The van der Waals surface area contributed by atoms with E-state index in [0.717, 1.165) is 47.9 Å². The van der Waals surface area contributed by atoms with E-state index in [-0.39, 0.29) is 23.8 Å². The van der Waals surface area contributed by atoms with E-state index in [1.54, 1.807) is 0 Å². The first-order valence-electron chi connectivity index (χ1n) is 15.1. The van der Waals surface area contributed by atoms with Crippen LogP contribution in [0.3, 0.4) is 0 Å². The lowest BCUT2D eigenvalue weighted by atomic mass is 9.81. The minimum atomic E-state index is -0.625. The van der Waals surface area contributed by atoms with Crippen molar-refractivity contribution in [1.29, 1.82) is 0 Å². The van der Waals surface area contributed by atoms with Gasteiger partial charge in [0.2, 0.25) is 5.91 Å². The Morgan fingerprint density at radius 2 is 1.65 bits per heavy atom. The van der Waals surface area contributed by atoms with Crippen LogP contribution in [-0.4, -0.2) is 82.4 Å². The molecule has 0 bridgehead atoms. The van der Waals surface area contributed by atoms with Crippen LogP contribution >= 0.6 is 35.0 Å². The van der Waals surface area contributed by atoms with E-state index in [1.165, 1.54) is 11.8 Å². The molecule has 0 N–H and O–H groups in total. The third kappa shape index (κ3) is 5.39. The van der Waals surface area contributed by atoms with Gasteiger partial charge in [0, 0.05) is 41.4 Å². The van der Waals surface area contributed by atoms with Crippen LogP contribution in [0.2, 0.25) is 10.0 Å². The second kappa shape index (κ2) is 11.8. The molecule has 0 saturated carbocycles. The fourth-order valence-corrected chi connectivity index (χ4v) is 8.65. The van der Waals surface area contributed by atoms with Crippen molar-refractivity contribution >= 4 is 51.9 Å². The van der Waals surface area contributed by atoms with Gasteiger partial charge in [-0.15, -0.1) is 0 Å². The van der Waals surface area contributed by atoms with Gasteiger partial charge in [0.15, 0.2) is 5.17 Å². The number of rotatable bonds is 6. The Balaban J connectivity index is 1.36. The summed E-state index contributed by atoms with van der Waals surface area (Å²) < 4.78 is 0. The summed E-state index contributed by atoms with van der Waals surface area (Å²) in [6, 6.07) is 15.5. The summed E-state index contributed by atoms with van der Waals surface area (Å²) in [5, 5.41) is 2.15. The molecule has 4 aliphatic heterocycles. The van der Waals surface area contributed by atoms with E-state index >= 15 is 0 Å². The molecule has 7 nitrogen and oxygen atoms in total. The monoisotopic (exact) mass is 639 g/mol. The van der Waals surface area contributed by atoms with Gasteiger partial charge in [0.1, 0.15) is 16.5 Å². The zero-order valence-electron chi connectivity index (χ0n) is 25.4. The van der Waals surface area contributed by atoms with E-state index in [1.807, 2.05) is 58.3 Å². The number of hydrogen-bond donors (Lipinski definition) is 0. The van der Waals surface area contributed by atoms with E-state index in [9.17, 15) is 9.59 Å². The first kappa shape index (κ1) is 30.5. The van der Waals surface area contributed by atoms with Crippen molar-refractivity contribution in [3.05, 3.63) is 80.3 Å². The van der Waals surface area contributed by atoms with E-state index in [0.29, 0.717) is 34.0 Å². The average Bonchev–Trinajstić information content (AvgIpc) is 3.76. The maximum Gasteiger partial charge on any atom is 0.263 e. The number of likely N-dealkylation sites (N-methyl/N-ethyl adjacent to an activating group) is 1. The summed E-state index contributed by atoms with van der Waals surface area (Å²) >= 11 is 14.0. The number of benzene rings is 2. The van der Waals surface area contributed by atoms with Gasteiger partial charge in [0.05, 0.1) is 6.04 Å². The first-order chi connectivity index (χ1) is 20.5. The topological polar surface area (TPSA) is 59.5 Å². The Labute approximate surface area is 268 Å². The molecule has 0 aliphatic carbocycles. The van der Waals surface area contributed by atoms with E-state index < -0.39 is 11.6 Å². The molecular weight excluding hydrogens is 601 g/mol. The molecule has 0 radical (unpaired) electrons. The van der Waals surface area contributed by atoms with Crippen molar-refractivity contribution in [2.24, 2.45) is 10.9 Å². The molecule has 10 heteroatoms. The first-order valence-corrected chi connectivity index (χ1v) is 16.7. The van der Waals surface area contributed by atoms with Gasteiger partial charge >= 0.3 is 0 Å². The van der Waals surface area contributed by atoms with Gasteiger partial charge < -0.3 is 19.6 Å². The minimum Gasteiger partial charge on any atom is -0.339 e. The predicted molar refractivity (Wildman–Crippen MR) is 175 cm³/mol. The van der Waals surface area contributed by atoms with Crippen LogP contribution in [0, 0.1) is 5.92 Å². The second-order valence-corrected chi connectivity index (χ2v) is 14.5. The third-order valence-electron chi connectivity index (χ3n) is 9.37. The van der Waals surface area contributed by atoms with Crippen LogP contribution < -0.4 is 0 Å². The molecule has 6 rings (SSSR count). The second-order valence-electron chi connectivity index (χ2n) is 12.7. The molecule has 2 aromatic carbocycles. The zero-order valence-corrected chi connectivity index (χ0v) is 27.7. The van der Waals surface area contributed by atoms with Crippen molar-refractivity contribution in [3.8, 4) is 0 Å². The number of aliphatic imine (C=N–C) groups is 1. The summed E-state index contributed by atoms with van der Waals surface area (Å²) in [7, 11) is 4.12. The Kier molecular flexibility index (Phi) is 8.35. The Bertz CT molecular complexity index is 1480. The van der Waals surface area contributed by atoms with Crippen LogP contribution in [0.25, 0.3) is 0 Å². The van der Waals surface area contributed by atoms with Crippen molar-refractivity contribution in [3.63, 3.8) is 0 Å². The molecule has 2 aromatic rings. The van der Waals surface area contributed by atoms with Gasteiger partial charge in [-0.25, -0.2) is 4.99 Å². The number of thioether (sulfide) groups is 1. The van der Waals surface area contributed by atoms with Crippen molar-refractivity contribution in [2.45, 2.75) is 63.7 Å². The maximum atomic E-state index is 14.4. The number of allylic oxidation sites excluding steroid dienone is 1. The molecule has 43 heavy (non-hydrogen) atoms. The normalized spacial score (nSPS) is 27.1. The lowest BCUT2D eigenvalue weighted by molar-refractivity contribution is -0.141. The van der Waals surface area contributed by atoms with Crippen LogP contribution in [0.1, 0.15) is 57.2 Å². The molecule has 228 valence electrons. The molecule has 2 amide bonds. The molecular formula is C33H39Cl2N5O2S. The van der Waals surface area contributed by atoms with E-state index in [4.69, 9.17) is 28.2 Å². The van der Waals surface area contributed by atoms with Gasteiger partial charge in [-0.2, -0.15) is 0 Å². The van der Waals surface area contributed by atoms with Gasteiger partial charge in [0.25, 0.3) is 5.91 Å². The summed E-state index contributed by atoms with van der Waals surface area (Å²) in [4.78, 5) is 42.4. The highest BCUT2D eigenvalue weighted by molar-refractivity contribution is 8.18. The number of halogens is 2. The molecule has 0 spiro atoms. The fraction of sp³-hybridized carbons (Fsp3) is 0.485. The Hall–Kier alpha value is -2.52. The van der Waals surface area contributed by atoms with Crippen molar-refractivity contribution in [1.82, 2.24) is 19.6 Å². The molecule has 0 unspecified atom stereocenters. The highest BCUT2D eigenvalue weighted by Gasteiger charge is 2.54. The highest BCUT2D eigenvalue weighted by atomic mass is 35.5. The lowest BCUT2D eigenvalue weighted by Crippen LogP contribution is -2.48. The van der Waals surface area contributed by atoms with Crippen molar-refractivity contribution < 1.29 is 9.59 Å². The summed E-state index contributed by atoms with van der Waals surface area (Å²) in [5.74, 6) is 0.0721. The zero-order chi connectivity index (χ0) is 30.6. The SMILES string of the molecule is CC(C)C1=C(C(=O)N2CCC[C@H]2C(=O)N2CC[C@@H](N(C)C)C2)SC2=N[C@@](C)(c3ccc(Cl)cc3)[C@@H](c3ccc(Cl)cc3)N21. The molecule has 4 aliphatic rings. The number of amides is 2. The van der Waals surface area contributed by atoms with Crippen LogP contribution in [0.15, 0.2) is 64.1 Å². The van der Waals surface area contributed by atoms with Crippen LogP contribution in [-0.2, 0) is 15.1 Å². The number of nitrogens with zero attached hydrogens (tertiary/aromatic N) is 5. The predicted octanol–water partition coefficient (Wildman–Crippen LogP) is 6.39. The van der Waals surface area contributed by atoms with Crippen LogP contribution in [0.4, 0.5) is 0 Å². The number of fused-ring (bicyclic) bond motifs is 1. The molecule has 2 saturated heterocycles. The highest BCUT2D eigenvalue weighted by Crippen LogP contribution is 2.56. The van der Waals surface area contributed by atoms with Crippen LogP contribution in [0.5, 0.6) is 0 Å². The standard InChI is InChI=1S/C33H39Cl2N5O2S/c1-20(2)27-28(31(42)39-17-6-7-26(39)30(41)38-18-16-25(19-38)37(4)5)43-32-36-33(3,22-10-14-24(35)15-11-22)29(40(27)32)21-8-12-23(34)13-9-21/h8-15,20,25-26,29H,6-7,16-19H2,1-5H3/t25-,26+,29-,33+/m1/s1. The molecule has 4 atom stereocenters. The quantitative estimate of drug-likeness (QED) is 0.367. The lowest BCUT2D eigenvalue weighted by Gasteiger charge is -2.37. The average molecular weight is 641 g/mol. The number of amidine groups is 1. The maximum absolute atomic E-state index is 14.4. The van der Waals surface area contributed by atoms with Gasteiger partial charge in [-0.1, -0.05) is 61.3 Å². The smallest absolute Gasteiger partial charge is 0.263 e. The van der Waals surface area contributed by atoms with Gasteiger partial charge in [-0.3, -0.25) is 9.59 Å². The number of hydrogen-bond acceptors (Lipinski definition) is 6. The largest absolute Gasteiger partial charge is 0.339 e. The van der Waals surface area contributed by atoms with E-state index in [2.05, 4.69) is 44.7 Å². The van der Waals surface area contributed by atoms with Gasteiger partial charge in [-0.05, 0) is 93.4 Å². The number of likely N-dealkylation sites (tertiary alicyclic amines) is 2. The summed E-state index contributed by atoms with van der Waals surface area (Å²) in [6.07, 6.45) is 2.50. The third-order valence-corrected chi connectivity index (χ3v) is 10.9. The molecule has 4 heterocycles. The number of carbonyl (C=O) groups excluding carboxylic acids is 2.